The van der Waals surface area contributed by atoms with Gasteiger partial charge in [-0.05, 0) is 73.0 Å². The Morgan fingerprint density at radius 1 is 0.878 bits per heavy atom. The summed E-state index contributed by atoms with van der Waals surface area (Å²) in [6.45, 7) is 3.71. The molecule has 0 aliphatic heterocycles. The van der Waals surface area contributed by atoms with Crippen LogP contribution < -0.4 is 5.32 Å². The smallest absolute Gasteiger partial charge is 0.305 e. The van der Waals surface area contributed by atoms with E-state index in [1.54, 1.807) is 22.8 Å². The molecule has 0 aliphatic rings. The van der Waals surface area contributed by atoms with Crippen molar-refractivity contribution in [3.8, 4) is 22.3 Å². The fraction of sp³-hybridized carbons (Fsp3) is 0.278. The lowest BCUT2D eigenvalue weighted by molar-refractivity contribution is -0.139. The SMILES string of the molecule is CC(C)n1c(C=C[C@@H](O)C[C@@H](O)CC(=O)O)c(-c2ccc(F)cc2)c(-c2ccc(F)cc2)c1C(=O)NCc1ccc(S(=O)(=O)N(C)C)cc1. The first-order valence-electron chi connectivity index (χ1n) is 15.5. The van der Waals surface area contributed by atoms with Gasteiger partial charge < -0.3 is 25.2 Å². The van der Waals surface area contributed by atoms with E-state index in [2.05, 4.69) is 5.32 Å². The lowest BCUT2D eigenvalue weighted by Crippen LogP contribution is -2.27. The van der Waals surface area contributed by atoms with E-state index in [1.807, 2.05) is 13.8 Å². The number of halogens is 2. The Balaban J connectivity index is 1.87. The molecule has 1 amide bonds. The van der Waals surface area contributed by atoms with Crippen LogP contribution in [-0.2, 0) is 21.4 Å². The number of aliphatic hydroxyl groups is 2. The number of amides is 1. The number of aliphatic carboxylic acids is 1. The molecule has 0 aliphatic carbocycles. The summed E-state index contributed by atoms with van der Waals surface area (Å²) in [5.41, 5.74) is 3.15. The second-order valence-electron chi connectivity index (χ2n) is 12.0. The number of rotatable bonds is 14. The zero-order valence-electron chi connectivity index (χ0n) is 27.5. The highest BCUT2D eigenvalue weighted by molar-refractivity contribution is 7.89. The van der Waals surface area contributed by atoms with Crippen LogP contribution in [-0.4, -0.2) is 70.8 Å². The molecule has 0 unspecified atom stereocenters. The number of aliphatic hydroxyl groups excluding tert-OH is 2. The van der Waals surface area contributed by atoms with Gasteiger partial charge in [-0.1, -0.05) is 42.5 Å². The number of carboxylic acid groups (broad SMARTS) is 1. The minimum Gasteiger partial charge on any atom is -0.481 e. The molecule has 49 heavy (non-hydrogen) atoms. The molecule has 3 aromatic carbocycles. The third-order valence-corrected chi connectivity index (χ3v) is 9.63. The number of carbonyl (C=O) groups is 2. The van der Waals surface area contributed by atoms with Gasteiger partial charge in [0.15, 0.2) is 0 Å². The Morgan fingerprint density at radius 2 is 1.41 bits per heavy atom. The molecule has 0 fully saturated rings. The Kier molecular flexibility index (Phi) is 11.9. The van der Waals surface area contributed by atoms with Crippen LogP contribution in [0.25, 0.3) is 28.3 Å². The Bertz CT molecular complexity index is 1920. The minimum atomic E-state index is -3.65. The molecule has 2 atom stereocenters. The Hall–Kier alpha value is -4.69. The quantitative estimate of drug-likeness (QED) is 0.137. The summed E-state index contributed by atoms with van der Waals surface area (Å²) < 4.78 is 56.1. The van der Waals surface area contributed by atoms with Crippen LogP contribution >= 0.6 is 0 Å². The highest BCUT2D eigenvalue weighted by Gasteiger charge is 2.29. The summed E-state index contributed by atoms with van der Waals surface area (Å²) in [6, 6.07) is 16.9. The van der Waals surface area contributed by atoms with Gasteiger partial charge in [0.25, 0.3) is 5.91 Å². The molecule has 0 saturated carbocycles. The van der Waals surface area contributed by atoms with E-state index in [-0.39, 0.29) is 29.6 Å². The maximum absolute atomic E-state index is 14.2. The minimum absolute atomic E-state index is 0.0322. The van der Waals surface area contributed by atoms with Gasteiger partial charge >= 0.3 is 5.97 Å². The lowest BCUT2D eigenvalue weighted by atomic mass is 9.94. The largest absolute Gasteiger partial charge is 0.481 e. The lowest BCUT2D eigenvalue weighted by Gasteiger charge is -2.17. The molecule has 4 aromatic rings. The molecular formula is C36H39F2N3O7S. The molecule has 0 bridgehead atoms. The summed E-state index contributed by atoms with van der Waals surface area (Å²) in [4.78, 5) is 25.3. The first-order valence-corrected chi connectivity index (χ1v) is 16.9. The van der Waals surface area contributed by atoms with Crippen LogP contribution in [0.1, 0.15) is 54.5 Å². The highest BCUT2D eigenvalue weighted by atomic mass is 32.2. The average molecular weight is 696 g/mol. The van der Waals surface area contributed by atoms with Crippen molar-refractivity contribution < 1.29 is 42.1 Å². The average Bonchev–Trinajstić information content (AvgIpc) is 3.38. The maximum Gasteiger partial charge on any atom is 0.305 e. The maximum atomic E-state index is 14.2. The van der Waals surface area contributed by atoms with Crippen molar-refractivity contribution in [3.63, 3.8) is 0 Å². The van der Waals surface area contributed by atoms with Crippen molar-refractivity contribution in [2.45, 2.75) is 56.4 Å². The molecule has 0 spiro atoms. The summed E-state index contributed by atoms with van der Waals surface area (Å²) in [5, 5.41) is 32.7. The van der Waals surface area contributed by atoms with Crippen LogP contribution in [0.15, 0.2) is 83.8 Å². The molecule has 1 heterocycles. The molecular weight excluding hydrogens is 656 g/mol. The molecule has 260 valence electrons. The van der Waals surface area contributed by atoms with Gasteiger partial charge in [0, 0.05) is 49.9 Å². The van der Waals surface area contributed by atoms with E-state index in [9.17, 15) is 37.0 Å². The van der Waals surface area contributed by atoms with Crippen LogP contribution in [0, 0.1) is 11.6 Å². The molecule has 4 rings (SSSR count). The number of benzene rings is 3. The number of nitrogens with one attached hydrogen (secondary N) is 1. The van der Waals surface area contributed by atoms with Gasteiger partial charge in [-0.3, -0.25) is 9.59 Å². The Labute approximate surface area is 284 Å². The standard InChI is InChI=1S/C36H39F2N3O7S/c1-22(2)41-31(18-15-28(42)19-29(43)20-32(44)45)33(24-7-11-26(37)12-8-24)34(25-9-13-27(38)14-10-25)35(41)36(46)39-21-23-5-16-30(17-6-23)49(47,48)40(3)4/h5-18,22,28-29,42-43H,19-21H2,1-4H3,(H,39,46)(H,44,45)/t28-,29-/m1/s1. The number of hydrogen-bond acceptors (Lipinski definition) is 6. The van der Waals surface area contributed by atoms with E-state index < -0.39 is 52.2 Å². The summed E-state index contributed by atoms with van der Waals surface area (Å²) in [6.07, 6.45) is -0.433. The zero-order valence-corrected chi connectivity index (χ0v) is 28.3. The van der Waals surface area contributed by atoms with Crippen molar-refractivity contribution >= 4 is 28.0 Å². The van der Waals surface area contributed by atoms with Crippen LogP contribution in [0.4, 0.5) is 8.78 Å². The summed E-state index contributed by atoms with van der Waals surface area (Å²) in [7, 11) is -0.790. The predicted octanol–water partition coefficient (Wildman–Crippen LogP) is 5.46. The number of hydrogen-bond donors (Lipinski definition) is 4. The summed E-state index contributed by atoms with van der Waals surface area (Å²) in [5.74, 6) is -2.72. The molecule has 4 N–H and O–H groups in total. The molecule has 13 heteroatoms. The van der Waals surface area contributed by atoms with E-state index in [1.165, 1.54) is 80.8 Å². The fourth-order valence-corrected chi connectivity index (χ4v) is 6.34. The number of carbonyl (C=O) groups excluding carboxylic acids is 1. The third-order valence-electron chi connectivity index (χ3n) is 7.80. The van der Waals surface area contributed by atoms with Gasteiger partial charge in [-0.15, -0.1) is 0 Å². The fourth-order valence-electron chi connectivity index (χ4n) is 5.44. The van der Waals surface area contributed by atoms with Crippen molar-refractivity contribution in [3.05, 3.63) is 107 Å². The third kappa shape index (κ3) is 8.86. The van der Waals surface area contributed by atoms with Gasteiger partial charge in [-0.2, -0.15) is 0 Å². The normalized spacial score (nSPS) is 13.3. The predicted molar refractivity (Wildman–Crippen MR) is 182 cm³/mol. The van der Waals surface area contributed by atoms with Crippen molar-refractivity contribution in [2.75, 3.05) is 14.1 Å². The number of aromatic nitrogens is 1. The van der Waals surface area contributed by atoms with Crippen molar-refractivity contribution in [1.82, 2.24) is 14.2 Å². The van der Waals surface area contributed by atoms with Crippen LogP contribution in [0.3, 0.4) is 0 Å². The van der Waals surface area contributed by atoms with E-state index in [0.717, 1.165) is 4.31 Å². The zero-order chi connectivity index (χ0) is 36.0. The van der Waals surface area contributed by atoms with Gasteiger partial charge in [0.2, 0.25) is 10.0 Å². The number of sulfonamides is 1. The number of carboxylic acids is 1. The van der Waals surface area contributed by atoms with Gasteiger partial charge in [0.1, 0.15) is 17.3 Å². The molecule has 0 radical (unpaired) electrons. The second-order valence-corrected chi connectivity index (χ2v) is 14.1. The highest BCUT2D eigenvalue weighted by Crippen LogP contribution is 2.42. The van der Waals surface area contributed by atoms with Crippen molar-refractivity contribution in [1.29, 1.82) is 0 Å². The molecule has 1 aromatic heterocycles. The van der Waals surface area contributed by atoms with Crippen molar-refractivity contribution in [2.24, 2.45) is 0 Å². The Morgan fingerprint density at radius 3 is 1.90 bits per heavy atom. The van der Waals surface area contributed by atoms with Crippen LogP contribution in [0.5, 0.6) is 0 Å². The van der Waals surface area contributed by atoms with Gasteiger partial charge in [0.05, 0.1) is 23.5 Å². The molecule has 0 saturated heterocycles. The van der Waals surface area contributed by atoms with Crippen LogP contribution in [0.2, 0.25) is 0 Å². The summed E-state index contributed by atoms with van der Waals surface area (Å²) >= 11 is 0. The monoisotopic (exact) mass is 695 g/mol. The first kappa shape index (κ1) is 37.1. The van der Waals surface area contributed by atoms with E-state index in [0.29, 0.717) is 33.5 Å². The second kappa shape index (κ2) is 15.7. The van der Waals surface area contributed by atoms with Gasteiger partial charge in [-0.25, -0.2) is 21.5 Å². The first-order chi connectivity index (χ1) is 23.1. The molecule has 10 nitrogen and oxygen atoms in total. The topological polar surface area (TPSA) is 149 Å². The van der Waals surface area contributed by atoms with E-state index in [4.69, 9.17) is 5.11 Å². The number of nitrogens with zero attached hydrogens (tertiary/aromatic N) is 2. The van der Waals surface area contributed by atoms with E-state index >= 15 is 0 Å².